The second kappa shape index (κ2) is 4.68. The first-order chi connectivity index (χ1) is 8.20. The summed E-state index contributed by atoms with van der Waals surface area (Å²) in [4.78, 5) is 11.5. The van der Waals surface area contributed by atoms with Crippen LogP contribution in [0.4, 0.5) is 0 Å². The van der Waals surface area contributed by atoms with Crippen LogP contribution in [-0.2, 0) is 0 Å². The third-order valence-corrected chi connectivity index (χ3v) is 2.14. The van der Waals surface area contributed by atoms with E-state index in [1.165, 1.54) is 0 Å². The van der Waals surface area contributed by atoms with Gasteiger partial charge in [0.05, 0.1) is 5.56 Å². The first kappa shape index (κ1) is 11.2. The molecule has 1 aromatic heterocycles. The van der Waals surface area contributed by atoms with E-state index in [1.54, 1.807) is 24.3 Å². The highest BCUT2D eigenvalue weighted by molar-refractivity contribution is 6.29. The highest BCUT2D eigenvalue weighted by Gasteiger charge is 2.08. The zero-order chi connectivity index (χ0) is 12.3. The molecule has 2 aromatic rings. The van der Waals surface area contributed by atoms with Gasteiger partial charge in [-0.2, -0.15) is 5.26 Å². The Bertz CT molecular complexity index is 646. The molecule has 0 aliphatic carbocycles. The lowest BCUT2D eigenvalue weighted by Gasteiger charge is -2.04. The Morgan fingerprint density at radius 2 is 2.18 bits per heavy atom. The number of halogens is 1. The molecule has 6 heteroatoms. The second-order valence-electron chi connectivity index (χ2n) is 3.10. The average molecular weight is 248 g/mol. The predicted octanol–water partition coefficient (Wildman–Crippen LogP) is 2.09. The largest absolute Gasteiger partial charge is 0.433 e. The fraction of sp³-hybridized carbons (Fsp3) is 0. The summed E-state index contributed by atoms with van der Waals surface area (Å²) in [5.41, 5.74) is -0.134. The number of hydrogen-bond donors (Lipinski definition) is 1. The molecular weight excluding hydrogens is 242 g/mol. The van der Waals surface area contributed by atoms with Gasteiger partial charge < -0.3 is 4.74 Å². The maximum atomic E-state index is 11.5. The van der Waals surface area contributed by atoms with Crippen molar-refractivity contribution in [1.29, 1.82) is 5.26 Å². The molecule has 17 heavy (non-hydrogen) atoms. The highest BCUT2D eigenvalue weighted by Crippen LogP contribution is 2.20. The number of H-pyrrole nitrogens is 1. The van der Waals surface area contributed by atoms with Crippen LogP contribution in [0.3, 0.4) is 0 Å². The molecule has 0 bridgehead atoms. The van der Waals surface area contributed by atoms with Gasteiger partial charge in [-0.05, 0) is 12.1 Å². The number of aromatic amines is 1. The number of aromatic nitrogens is 2. The minimum absolute atomic E-state index is 0.121. The van der Waals surface area contributed by atoms with Crippen molar-refractivity contribution in [2.24, 2.45) is 0 Å². The second-order valence-corrected chi connectivity index (χ2v) is 3.50. The Kier molecular flexibility index (Phi) is 3.08. The van der Waals surface area contributed by atoms with Gasteiger partial charge in [0.2, 0.25) is 5.43 Å². The Hall–Kier alpha value is -2.32. The van der Waals surface area contributed by atoms with Crippen LogP contribution in [0.2, 0.25) is 5.15 Å². The van der Waals surface area contributed by atoms with Crippen molar-refractivity contribution in [1.82, 2.24) is 10.2 Å². The molecule has 0 unspecified atom stereocenters. The summed E-state index contributed by atoms with van der Waals surface area (Å²) in [5, 5.41) is 15.0. The Morgan fingerprint density at radius 1 is 1.41 bits per heavy atom. The van der Waals surface area contributed by atoms with E-state index < -0.39 is 5.43 Å². The van der Waals surface area contributed by atoms with Crippen LogP contribution in [0.1, 0.15) is 5.56 Å². The van der Waals surface area contributed by atoms with Gasteiger partial charge in [0.25, 0.3) is 5.88 Å². The van der Waals surface area contributed by atoms with Gasteiger partial charge in [0.15, 0.2) is 0 Å². The number of nitrogens with one attached hydrogen (secondary N) is 1. The fourth-order valence-corrected chi connectivity index (χ4v) is 1.34. The Morgan fingerprint density at radius 3 is 2.88 bits per heavy atom. The number of rotatable bonds is 2. The van der Waals surface area contributed by atoms with E-state index in [0.29, 0.717) is 5.56 Å². The van der Waals surface area contributed by atoms with Gasteiger partial charge in [0, 0.05) is 6.07 Å². The first-order valence-corrected chi connectivity index (χ1v) is 5.00. The van der Waals surface area contributed by atoms with E-state index in [4.69, 9.17) is 21.6 Å². The molecule has 0 saturated heterocycles. The number of nitriles is 1. The molecule has 0 saturated carbocycles. The van der Waals surface area contributed by atoms with E-state index in [-0.39, 0.29) is 16.8 Å². The van der Waals surface area contributed by atoms with Crippen molar-refractivity contribution in [3.05, 3.63) is 51.3 Å². The predicted molar refractivity (Wildman–Crippen MR) is 61.1 cm³/mol. The average Bonchev–Trinajstić information content (AvgIpc) is 2.33. The lowest BCUT2D eigenvalue weighted by atomic mass is 10.2. The number of nitrogens with zero attached hydrogens (tertiary/aromatic N) is 2. The van der Waals surface area contributed by atoms with E-state index in [0.717, 1.165) is 6.07 Å². The third kappa shape index (κ3) is 2.44. The van der Waals surface area contributed by atoms with E-state index in [9.17, 15) is 4.79 Å². The zero-order valence-electron chi connectivity index (χ0n) is 8.48. The summed E-state index contributed by atoms with van der Waals surface area (Å²) in [5.74, 6) is 0.118. The summed E-state index contributed by atoms with van der Waals surface area (Å²) >= 11 is 5.55. The molecule has 0 radical (unpaired) electrons. The zero-order valence-corrected chi connectivity index (χ0v) is 9.23. The first-order valence-electron chi connectivity index (χ1n) is 4.63. The van der Waals surface area contributed by atoms with Crippen LogP contribution in [-0.4, -0.2) is 10.2 Å². The molecule has 1 aromatic carbocycles. The molecule has 0 aliphatic heterocycles. The molecule has 0 amide bonds. The highest BCUT2D eigenvalue weighted by atomic mass is 35.5. The van der Waals surface area contributed by atoms with Gasteiger partial charge in [-0.25, -0.2) is 0 Å². The molecule has 5 nitrogen and oxygen atoms in total. The van der Waals surface area contributed by atoms with Crippen molar-refractivity contribution >= 4 is 11.6 Å². The van der Waals surface area contributed by atoms with Crippen LogP contribution in [0, 0.1) is 11.3 Å². The summed E-state index contributed by atoms with van der Waals surface area (Å²) in [6.45, 7) is 0. The topological polar surface area (TPSA) is 78.8 Å². The SMILES string of the molecule is N#Cc1ccccc1Oc1n[nH]c(Cl)cc1=O. The summed E-state index contributed by atoms with van der Waals surface area (Å²) in [6.07, 6.45) is 0. The minimum Gasteiger partial charge on any atom is -0.433 e. The molecule has 0 aliphatic rings. The number of ether oxygens (including phenoxy) is 1. The van der Waals surface area contributed by atoms with Crippen LogP contribution >= 0.6 is 11.6 Å². The fourth-order valence-electron chi connectivity index (χ4n) is 1.19. The Balaban J connectivity index is 2.39. The number of hydrogen-bond acceptors (Lipinski definition) is 4. The molecule has 0 atom stereocenters. The minimum atomic E-state index is -0.457. The third-order valence-electron chi connectivity index (χ3n) is 1.95. The van der Waals surface area contributed by atoms with Crippen molar-refractivity contribution in [2.45, 2.75) is 0 Å². The maximum Gasteiger partial charge on any atom is 0.285 e. The van der Waals surface area contributed by atoms with Crippen LogP contribution < -0.4 is 10.2 Å². The summed E-state index contributed by atoms with van der Waals surface area (Å²) < 4.78 is 5.25. The number of para-hydroxylation sites is 1. The standard InChI is InChI=1S/C11H6ClN3O2/c12-10-5-8(16)11(15-14-10)17-9-4-2-1-3-7(9)6-13/h1-5H,(H,14,16). The molecule has 0 fully saturated rings. The number of benzene rings is 1. The molecule has 2 rings (SSSR count). The lowest BCUT2D eigenvalue weighted by Crippen LogP contribution is -2.07. The summed E-state index contributed by atoms with van der Waals surface area (Å²) in [7, 11) is 0. The molecule has 84 valence electrons. The Labute approximate surface area is 101 Å². The van der Waals surface area contributed by atoms with Crippen molar-refractivity contribution in [3.8, 4) is 17.7 Å². The van der Waals surface area contributed by atoms with Gasteiger partial charge in [-0.15, -0.1) is 5.10 Å². The van der Waals surface area contributed by atoms with Gasteiger partial charge >= 0.3 is 0 Å². The van der Waals surface area contributed by atoms with Crippen molar-refractivity contribution < 1.29 is 4.74 Å². The van der Waals surface area contributed by atoms with E-state index in [1.807, 2.05) is 6.07 Å². The van der Waals surface area contributed by atoms with Crippen LogP contribution in [0.5, 0.6) is 11.6 Å². The van der Waals surface area contributed by atoms with Crippen molar-refractivity contribution in [2.75, 3.05) is 0 Å². The van der Waals surface area contributed by atoms with Crippen LogP contribution in [0.15, 0.2) is 35.1 Å². The quantitative estimate of drug-likeness (QED) is 0.881. The van der Waals surface area contributed by atoms with Crippen molar-refractivity contribution in [3.63, 3.8) is 0 Å². The van der Waals surface area contributed by atoms with Gasteiger partial charge in [-0.1, -0.05) is 23.7 Å². The summed E-state index contributed by atoms with van der Waals surface area (Å²) in [6, 6.07) is 9.66. The molecular formula is C11H6ClN3O2. The molecule has 1 heterocycles. The maximum absolute atomic E-state index is 11.5. The van der Waals surface area contributed by atoms with E-state index in [2.05, 4.69) is 10.2 Å². The van der Waals surface area contributed by atoms with Crippen LogP contribution in [0.25, 0.3) is 0 Å². The lowest BCUT2D eigenvalue weighted by molar-refractivity contribution is 0.449. The van der Waals surface area contributed by atoms with Gasteiger partial charge in [-0.3, -0.25) is 9.89 Å². The van der Waals surface area contributed by atoms with E-state index >= 15 is 0 Å². The van der Waals surface area contributed by atoms with Gasteiger partial charge in [0.1, 0.15) is 17.0 Å². The molecule has 1 N–H and O–H groups in total. The smallest absolute Gasteiger partial charge is 0.285 e. The molecule has 0 spiro atoms. The normalized spacial score (nSPS) is 9.65. The monoisotopic (exact) mass is 247 g/mol.